The Kier molecular flexibility index (Phi) is 14.8. The lowest BCUT2D eigenvalue weighted by Gasteiger charge is -2.34. The Morgan fingerprint density at radius 1 is 1.27 bits per heavy atom. The van der Waals surface area contributed by atoms with Crippen LogP contribution in [0.3, 0.4) is 0 Å². The van der Waals surface area contributed by atoms with Gasteiger partial charge in [-0.25, -0.2) is 13.9 Å². The summed E-state index contributed by atoms with van der Waals surface area (Å²) in [5, 5.41) is 9.12. The van der Waals surface area contributed by atoms with Crippen molar-refractivity contribution in [3.8, 4) is 12.3 Å². The highest BCUT2D eigenvalue weighted by Gasteiger charge is 2.52. The molecule has 184 valence electrons. The maximum atomic E-state index is 13.3. The van der Waals surface area contributed by atoms with Crippen LogP contribution in [0, 0.1) is 12.3 Å². The number of hydrogen-bond donors (Lipinski definition) is 2. The number of nitrogens with one attached hydrogen (secondary N) is 1. The summed E-state index contributed by atoms with van der Waals surface area (Å²) in [5.74, 6) is 1.92. The molecule has 1 rings (SSSR count). The van der Waals surface area contributed by atoms with Crippen molar-refractivity contribution in [3.63, 3.8) is 0 Å². The molecule has 0 aliphatic carbocycles. The van der Waals surface area contributed by atoms with E-state index in [4.69, 9.17) is 19.4 Å². The van der Waals surface area contributed by atoms with Crippen LogP contribution in [0.2, 0.25) is 0 Å². The van der Waals surface area contributed by atoms with Crippen molar-refractivity contribution in [1.29, 1.82) is 0 Å². The van der Waals surface area contributed by atoms with Crippen molar-refractivity contribution >= 4 is 15.7 Å². The van der Waals surface area contributed by atoms with Crippen LogP contribution in [0.15, 0.2) is 60.3 Å². The van der Waals surface area contributed by atoms with E-state index in [1.54, 1.807) is 26.0 Å². The van der Waals surface area contributed by atoms with Gasteiger partial charge in [0.05, 0.1) is 17.6 Å². The van der Waals surface area contributed by atoms with Gasteiger partial charge in [0.1, 0.15) is 12.4 Å². The van der Waals surface area contributed by atoms with Gasteiger partial charge in [-0.05, 0) is 51.8 Å². The van der Waals surface area contributed by atoms with Gasteiger partial charge in [-0.2, -0.15) is 0 Å². The average molecular weight is 482 g/mol. The molecule has 1 aliphatic heterocycles. The molecule has 0 spiro atoms. The molecule has 1 heterocycles. The van der Waals surface area contributed by atoms with Gasteiger partial charge in [-0.3, -0.25) is 10.0 Å². The molecule has 0 aromatic heterocycles. The summed E-state index contributed by atoms with van der Waals surface area (Å²) in [6, 6.07) is 0. The van der Waals surface area contributed by atoms with Gasteiger partial charge in [0.15, 0.2) is 14.6 Å². The third-order valence-corrected chi connectivity index (χ3v) is 7.37. The molecule has 0 radical (unpaired) electrons. The van der Waals surface area contributed by atoms with Gasteiger partial charge < -0.3 is 14.2 Å². The normalized spacial score (nSPS) is 17.2. The molecule has 0 aromatic rings. The Morgan fingerprint density at radius 2 is 1.88 bits per heavy atom. The molecule has 9 heteroatoms. The minimum Gasteiger partial charge on any atom is -0.492 e. The van der Waals surface area contributed by atoms with E-state index in [9.17, 15) is 13.2 Å². The minimum atomic E-state index is -4.11. The van der Waals surface area contributed by atoms with Crippen LogP contribution < -0.4 is 5.48 Å². The fourth-order valence-corrected chi connectivity index (χ4v) is 5.00. The van der Waals surface area contributed by atoms with E-state index < -0.39 is 26.6 Å². The van der Waals surface area contributed by atoms with E-state index in [1.807, 2.05) is 6.92 Å². The molecule has 0 bridgehead atoms. The van der Waals surface area contributed by atoms with Crippen molar-refractivity contribution < 1.29 is 32.6 Å². The Balaban J connectivity index is 0.00000322. The lowest BCUT2D eigenvalue weighted by atomic mass is 9.98. The van der Waals surface area contributed by atoms with Gasteiger partial charge >= 0.3 is 0 Å². The number of ether oxygens (including phenoxy) is 3. The van der Waals surface area contributed by atoms with E-state index in [1.165, 1.54) is 29.8 Å². The molecule has 2 N–H and O–H groups in total. The van der Waals surface area contributed by atoms with Gasteiger partial charge in [-0.1, -0.05) is 24.8 Å². The van der Waals surface area contributed by atoms with Gasteiger partial charge in [0, 0.05) is 13.2 Å². The molecule has 8 nitrogen and oxygen atoms in total. The first kappa shape index (κ1) is 30.4. The van der Waals surface area contributed by atoms with E-state index in [0.717, 1.165) is 0 Å². The fourth-order valence-electron chi connectivity index (χ4n) is 2.98. The van der Waals surface area contributed by atoms with Crippen LogP contribution in [-0.4, -0.2) is 56.8 Å². The first-order chi connectivity index (χ1) is 15.7. The molecule has 0 saturated carbocycles. The van der Waals surface area contributed by atoms with E-state index in [2.05, 4.69) is 25.5 Å². The number of carbonyl (C=O) groups is 1. The molecular weight excluding hydrogens is 446 g/mol. The lowest BCUT2D eigenvalue weighted by molar-refractivity contribution is -0.134. The van der Waals surface area contributed by atoms with E-state index >= 15 is 0 Å². The van der Waals surface area contributed by atoms with Gasteiger partial charge in [0.25, 0.3) is 5.91 Å². The zero-order valence-electron chi connectivity index (χ0n) is 19.6. The summed E-state index contributed by atoms with van der Waals surface area (Å²) in [7, 11) is -4.11. The summed E-state index contributed by atoms with van der Waals surface area (Å²) in [4.78, 5) is 12.3. The molecule has 1 amide bonds. The second-order valence-electron chi connectivity index (χ2n) is 6.70. The van der Waals surface area contributed by atoms with Gasteiger partial charge in [0.2, 0.25) is 0 Å². The third kappa shape index (κ3) is 8.67. The van der Waals surface area contributed by atoms with Crippen LogP contribution in [0.5, 0.6) is 0 Å². The highest BCUT2D eigenvalue weighted by atomic mass is 32.2. The molecule has 0 aromatic carbocycles. The third-order valence-electron chi connectivity index (χ3n) is 4.76. The van der Waals surface area contributed by atoms with Crippen LogP contribution in [0.1, 0.15) is 33.6 Å². The van der Waals surface area contributed by atoms with Crippen LogP contribution in [0.25, 0.3) is 0 Å². The number of sulfone groups is 1. The topological polar surface area (TPSA) is 111 Å². The predicted octanol–water partition coefficient (Wildman–Crippen LogP) is 3.23. The number of hydroxylamine groups is 1. The van der Waals surface area contributed by atoms with Gasteiger partial charge in [-0.15, -0.1) is 18.9 Å². The maximum absolute atomic E-state index is 13.3. The molecule has 1 unspecified atom stereocenters. The summed E-state index contributed by atoms with van der Waals surface area (Å²) < 4.78 is 41.1. The van der Waals surface area contributed by atoms with Crippen molar-refractivity contribution in [2.75, 3.05) is 26.4 Å². The standard InChI is InChI=1S/C21H31NO7S.C3H4/c1-5-17(6-2)28-15-16-29-18(7-3)9-10-19(8-4)30(25,26)21(20(23)22-24)11-13-27-14-12-21;1-3-2/h5-10,18,24H,1,3,11-16H2,2,4H3,(H,22,23);1H,2H3/b10-9-,17-6+,19-8+;. The largest absolute Gasteiger partial charge is 0.492 e. The van der Waals surface area contributed by atoms with E-state index in [0.29, 0.717) is 12.4 Å². The smallest absolute Gasteiger partial charge is 0.265 e. The summed E-state index contributed by atoms with van der Waals surface area (Å²) in [5.41, 5.74) is 1.50. The van der Waals surface area contributed by atoms with E-state index in [-0.39, 0.29) is 37.6 Å². The van der Waals surface area contributed by atoms with Crippen molar-refractivity contribution in [3.05, 3.63) is 60.3 Å². The highest BCUT2D eigenvalue weighted by molar-refractivity contribution is 7.97. The second kappa shape index (κ2) is 16.0. The first-order valence-electron chi connectivity index (χ1n) is 10.4. The Morgan fingerprint density at radius 3 is 2.33 bits per heavy atom. The lowest BCUT2D eigenvalue weighted by Crippen LogP contribution is -2.55. The molecule has 33 heavy (non-hydrogen) atoms. The SMILES string of the molecule is C#CC.C=C/C(=C\C)OCCOC(C=C)/C=C\C(=C/C)S(=O)(=O)C1(C(=O)NO)CCOCC1. The Hall–Kier alpha value is -2.64. The molecule has 1 fully saturated rings. The molecule has 1 aliphatic rings. The average Bonchev–Trinajstić information content (AvgIpc) is 2.83. The number of terminal acetylenes is 1. The predicted molar refractivity (Wildman–Crippen MR) is 129 cm³/mol. The molecule has 1 saturated heterocycles. The van der Waals surface area contributed by atoms with Crippen LogP contribution in [-0.2, 0) is 28.8 Å². The van der Waals surface area contributed by atoms with Crippen molar-refractivity contribution in [2.45, 2.75) is 44.5 Å². The summed E-state index contributed by atoms with van der Waals surface area (Å²) in [6.07, 6.45) is 13.1. The quantitative estimate of drug-likeness (QED) is 0.0837. The number of amides is 1. The maximum Gasteiger partial charge on any atom is 0.265 e. The van der Waals surface area contributed by atoms with Crippen LogP contribution in [0.4, 0.5) is 0 Å². The number of allylic oxidation sites excluding steroid dienone is 4. The van der Waals surface area contributed by atoms with Crippen LogP contribution >= 0.6 is 0 Å². The summed E-state index contributed by atoms with van der Waals surface area (Å²) >= 11 is 0. The zero-order chi connectivity index (χ0) is 25.3. The monoisotopic (exact) mass is 481 g/mol. The van der Waals surface area contributed by atoms with Crippen molar-refractivity contribution in [1.82, 2.24) is 5.48 Å². The zero-order valence-corrected chi connectivity index (χ0v) is 20.4. The molecular formula is C24H35NO7S. The number of hydrogen-bond acceptors (Lipinski definition) is 7. The molecule has 1 atom stereocenters. The minimum absolute atomic E-state index is 0.0532. The number of rotatable bonds is 12. The second-order valence-corrected chi connectivity index (χ2v) is 8.96. The summed E-state index contributed by atoms with van der Waals surface area (Å²) in [6.45, 7) is 13.1. The Labute approximate surface area is 197 Å². The first-order valence-corrected chi connectivity index (χ1v) is 11.9. The number of carbonyl (C=O) groups excluding carboxylic acids is 1. The fraction of sp³-hybridized carbons (Fsp3) is 0.458. The van der Waals surface area contributed by atoms with Crippen molar-refractivity contribution in [2.24, 2.45) is 0 Å². The Bertz CT molecular complexity index is 873. The highest BCUT2D eigenvalue weighted by Crippen LogP contribution is 2.35.